The van der Waals surface area contributed by atoms with Gasteiger partial charge in [0.2, 0.25) is 0 Å². The van der Waals surface area contributed by atoms with Crippen molar-refractivity contribution >= 4 is 50.0 Å². The van der Waals surface area contributed by atoms with Crippen LogP contribution in [0.15, 0.2) is 29.3 Å². The van der Waals surface area contributed by atoms with Crippen LogP contribution in [-0.2, 0) is 14.6 Å². The van der Waals surface area contributed by atoms with Crippen molar-refractivity contribution in [2.45, 2.75) is 25.1 Å². The second-order valence-corrected chi connectivity index (χ2v) is 9.78. The third-order valence-electron chi connectivity index (χ3n) is 3.88. The molecule has 1 amide bonds. The van der Waals surface area contributed by atoms with E-state index in [0.29, 0.717) is 15.9 Å². The van der Waals surface area contributed by atoms with E-state index in [-0.39, 0.29) is 34.6 Å². The van der Waals surface area contributed by atoms with E-state index in [9.17, 15) is 13.2 Å². The van der Waals surface area contributed by atoms with Crippen molar-refractivity contribution in [2.24, 2.45) is 10.9 Å². The molecule has 0 radical (unpaired) electrons. The summed E-state index contributed by atoms with van der Waals surface area (Å²) >= 11 is 7.65. The van der Waals surface area contributed by atoms with Crippen LogP contribution < -0.4 is 4.90 Å². The zero-order valence-electron chi connectivity index (χ0n) is 12.8. The molecular weight excluding hydrogens is 356 g/mol. The van der Waals surface area contributed by atoms with E-state index in [2.05, 4.69) is 4.99 Å². The maximum Gasteiger partial charge on any atom is 0.250 e. The Morgan fingerprint density at radius 3 is 2.70 bits per heavy atom. The smallest absolute Gasteiger partial charge is 0.250 e. The van der Waals surface area contributed by atoms with E-state index >= 15 is 0 Å². The van der Waals surface area contributed by atoms with Gasteiger partial charge in [-0.15, -0.1) is 0 Å². The Bertz CT molecular complexity index is 777. The summed E-state index contributed by atoms with van der Waals surface area (Å²) in [5.74, 6) is -0.254. The molecule has 0 aromatic heterocycles. The number of hydrogen-bond donors (Lipinski definition) is 0. The number of amides is 1. The molecule has 0 spiro atoms. The Morgan fingerprint density at radius 1 is 1.35 bits per heavy atom. The Balaban J connectivity index is 2.05. The lowest BCUT2D eigenvalue weighted by atomic mass is 10.2. The van der Waals surface area contributed by atoms with Crippen LogP contribution in [0.2, 0.25) is 5.02 Å². The van der Waals surface area contributed by atoms with Gasteiger partial charge in [-0.3, -0.25) is 4.79 Å². The molecule has 2 saturated heterocycles. The summed E-state index contributed by atoms with van der Waals surface area (Å²) in [5, 5.41) is 0.944. The first-order chi connectivity index (χ1) is 10.8. The molecule has 124 valence electrons. The van der Waals surface area contributed by atoms with Crippen molar-refractivity contribution in [1.82, 2.24) is 0 Å². The van der Waals surface area contributed by atoms with E-state index in [4.69, 9.17) is 11.6 Å². The SMILES string of the molecule is CC(C)C(=O)N=C1S[C@H]2CS(=O)(=O)C[C@H]2N1c1ccccc1Cl. The fourth-order valence-electron chi connectivity index (χ4n) is 2.72. The van der Waals surface area contributed by atoms with Gasteiger partial charge in [-0.25, -0.2) is 8.42 Å². The number of aliphatic imine (C=N–C) groups is 1. The number of amidine groups is 1. The van der Waals surface area contributed by atoms with Gasteiger partial charge >= 0.3 is 0 Å². The van der Waals surface area contributed by atoms with Crippen LogP contribution in [0.1, 0.15) is 13.8 Å². The number of thioether (sulfide) groups is 1. The minimum Gasteiger partial charge on any atom is -0.314 e. The number of rotatable bonds is 2. The predicted octanol–water partition coefficient (Wildman–Crippen LogP) is 2.60. The maximum atomic E-state index is 12.0. The molecule has 0 unspecified atom stereocenters. The molecule has 2 aliphatic rings. The molecule has 2 fully saturated rings. The molecule has 0 N–H and O–H groups in total. The largest absolute Gasteiger partial charge is 0.314 e. The number of carbonyl (C=O) groups is 1. The van der Waals surface area contributed by atoms with Crippen LogP contribution in [0.25, 0.3) is 0 Å². The fraction of sp³-hybridized carbons (Fsp3) is 0.467. The second kappa shape index (κ2) is 6.11. The summed E-state index contributed by atoms with van der Waals surface area (Å²) < 4.78 is 23.9. The van der Waals surface area contributed by atoms with Gasteiger partial charge in [-0.1, -0.05) is 49.3 Å². The fourth-order valence-corrected chi connectivity index (χ4v) is 6.86. The topological polar surface area (TPSA) is 66.8 Å². The van der Waals surface area contributed by atoms with Gasteiger partial charge in [0, 0.05) is 11.2 Å². The van der Waals surface area contributed by atoms with E-state index in [1.165, 1.54) is 11.8 Å². The Labute approximate surface area is 145 Å². The summed E-state index contributed by atoms with van der Waals surface area (Å²) in [7, 11) is -3.07. The van der Waals surface area contributed by atoms with Crippen molar-refractivity contribution in [3.05, 3.63) is 29.3 Å². The van der Waals surface area contributed by atoms with E-state index in [1.54, 1.807) is 19.9 Å². The molecule has 2 aliphatic heterocycles. The first-order valence-corrected chi connectivity index (χ1v) is 10.4. The van der Waals surface area contributed by atoms with Crippen molar-refractivity contribution < 1.29 is 13.2 Å². The maximum absolute atomic E-state index is 12.0. The second-order valence-electron chi connectivity index (χ2n) is 6.01. The lowest BCUT2D eigenvalue weighted by molar-refractivity contribution is -0.120. The van der Waals surface area contributed by atoms with Crippen LogP contribution in [0, 0.1) is 5.92 Å². The van der Waals surface area contributed by atoms with Gasteiger partial charge in [0.15, 0.2) is 15.0 Å². The number of benzene rings is 1. The number of halogens is 1. The molecule has 2 heterocycles. The highest BCUT2D eigenvalue weighted by atomic mass is 35.5. The first kappa shape index (κ1) is 16.8. The minimum atomic E-state index is -3.07. The van der Waals surface area contributed by atoms with Crippen molar-refractivity contribution in [3.8, 4) is 0 Å². The van der Waals surface area contributed by atoms with Gasteiger partial charge in [-0.05, 0) is 12.1 Å². The molecule has 8 heteroatoms. The van der Waals surface area contributed by atoms with E-state index in [0.717, 1.165) is 0 Å². The Kier molecular flexibility index (Phi) is 4.46. The molecule has 0 saturated carbocycles. The Hall–Kier alpha value is -1.05. The average Bonchev–Trinajstić information content (AvgIpc) is 2.91. The number of sulfone groups is 1. The monoisotopic (exact) mass is 372 g/mol. The van der Waals surface area contributed by atoms with E-state index in [1.807, 2.05) is 23.1 Å². The highest BCUT2D eigenvalue weighted by Gasteiger charge is 2.49. The zero-order valence-corrected chi connectivity index (χ0v) is 15.2. The standard InChI is InChI=1S/C15H17ClN2O3S2/c1-9(2)14(19)17-15-18(11-6-4-3-5-10(11)16)12-7-23(20,21)8-13(12)22-15/h3-6,9,12-13H,7-8H2,1-2H3/t12-,13+/m1/s1. The first-order valence-electron chi connectivity index (χ1n) is 7.32. The molecule has 23 heavy (non-hydrogen) atoms. The van der Waals surface area contributed by atoms with Gasteiger partial charge in [0.25, 0.3) is 5.91 Å². The van der Waals surface area contributed by atoms with Gasteiger partial charge in [-0.2, -0.15) is 4.99 Å². The number of fused-ring (bicyclic) bond motifs is 1. The Morgan fingerprint density at radius 2 is 2.04 bits per heavy atom. The quantitative estimate of drug-likeness (QED) is 0.798. The number of anilines is 1. The lowest BCUT2D eigenvalue weighted by Gasteiger charge is -2.25. The van der Waals surface area contributed by atoms with Crippen LogP contribution in [0.3, 0.4) is 0 Å². The molecular formula is C15H17ClN2O3S2. The number of hydrogen-bond acceptors (Lipinski definition) is 4. The van der Waals surface area contributed by atoms with Crippen molar-refractivity contribution in [1.29, 1.82) is 0 Å². The number of nitrogens with zero attached hydrogens (tertiary/aromatic N) is 2. The molecule has 2 atom stereocenters. The molecule has 0 bridgehead atoms. The van der Waals surface area contributed by atoms with E-state index < -0.39 is 9.84 Å². The highest BCUT2D eigenvalue weighted by Crippen LogP contribution is 2.43. The van der Waals surface area contributed by atoms with Gasteiger partial charge < -0.3 is 4.90 Å². The van der Waals surface area contributed by atoms with Gasteiger partial charge in [0.05, 0.1) is 28.3 Å². The predicted molar refractivity (Wildman–Crippen MR) is 95.0 cm³/mol. The molecule has 0 aliphatic carbocycles. The summed E-state index contributed by atoms with van der Waals surface area (Å²) in [4.78, 5) is 18.1. The van der Waals surface area contributed by atoms with Crippen molar-refractivity contribution in [2.75, 3.05) is 16.4 Å². The lowest BCUT2D eigenvalue weighted by Crippen LogP contribution is -2.38. The average molecular weight is 373 g/mol. The van der Waals surface area contributed by atoms with Crippen molar-refractivity contribution in [3.63, 3.8) is 0 Å². The van der Waals surface area contributed by atoms with Crippen LogP contribution in [0.5, 0.6) is 0 Å². The third kappa shape index (κ3) is 3.27. The molecule has 3 rings (SSSR count). The summed E-state index contributed by atoms with van der Waals surface area (Å²) in [6.07, 6.45) is 0. The summed E-state index contributed by atoms with van der Waals surface area (Å²) in [5.41, 5.74) is 0.696. The minimum absolute atomic E-state index is 0.0603. The summed E-state index contributed by atoms with van der Waals surface area (Å²) in [6, 6.07) is 6.99. The highest BCUT2D eigenvalue weighted by molar-refractivity contribution is 8.16. The van der Waals surface area contributed by atoms with Crippen LogP contribution in [-0.4, -0.2) is 42.3 Å². The number of carbonyl (C=O) groups excluding carboxylic acids is 1. The van der Waals surface area contributed by atoms with Gasteiger partial charge in [0.1, 0.15) is 0 Å². The number of para-hydroxylation sites is 1. The third-order valence-corrected chi connectivity index (χ3v) is 7.41. The normalized spacial score (nSPS) is 27.7. The van der Waals surface area contributed by atoms with Crippen LogP contribution in [0.4, 0.5) is 5.69 Å². The zero-order chi connectivity index (χ0) is 16.8. The molecule has 1 aromatic carbocycles. The molecule has 1 aromatic rings. The molecule has 5 nitrogen and oxygen atoms in total. The van der Waals surface area contributed by atoms with Crippen LogP contribution >= 0.6 is 23.4 Å². The summed E-state index contributed by atoms with van der Waals surface area (Å²) in [6.45, 7) is 3.58.